The van der Waals surface area contributed by atoms with Crippen molar-refractivity contribution in [2.24, 2.45) is 0 Å². The first-order valence-electron chi connectivity index (χ1n) is 3.79. The van der Waals surface area contributed by atoms with E-state index >= 15 is 0 Å². The van der Waals surface area contributed by atoms with Crippen LogP contribution in [-0.2, 0) is 5.60 Å². The van der Waals surface area contributed by atoms with Crippen molar-refractivity contribution >= 4 is 0 Å². The van der Waals surface area contributed by atoms with Gasteiger partial charge in [0.05, 0.1) is 0 Å². The second-order valence-electron chi connectivity index (χ2n) is 3.07. The van der Waals surface area contributed by atoms with Gasteiger partial charge in [0, 0.05) is 6.42 Å². The van der Waals surface area contributed by atoms with Gasteiger partial charge in [-0.3, -0.25) is 0 Å². The van der Waals surface area contributed by atoms with Crippen molar-refractivity contribution in [3.05, 3.63) is 23.7 Å². The molecule has 0 aromatic carbocycles. The Morgan fingerprint density at radius 1 is 1.67 bits per heavy atom. The molecule has 0 radical (unpaired) electrons. The SMILES string of the molecule is C#CC[C@](C)(O)c1ccc(C)o1. The molecule has 0 amide bonds. The van der Waals surface area contributed by atoms with Crippen molar-refractivity contribution < 1.29 is 9.52 Å². The summed E-state index contributed by atoms with van der Waals surface area (Å²) < 4.78 is 5.26. The first kappa shape index (κ1) is 8.89. The summed E-state index contributed by atoms with van der Waals surface area (Å²) in [6.45, 7) is 3.47. The largest absolute Gasteiger partial charge is 0.463 e. The predicted octanol–water partition coefficient (Wildman–Crippen LogP) is 1.82. The number of furan rings is 1. The van der Waals surface area contributed by atoms with E-state index in [2.05, 4.69) is 5.92 Å². The maximum atomic E-state index is 9.76. The number of terminal acetylenes is 1. The molecule has 0 aliphatic carbocycles. The van der Waals surface area contributed by atoms with Crippen molar-refractivity contribution in [2.75, 3.05) is 0 Å². The van der Waals surface area contributed by atoms with Crippen LogP contribution in [0.2, 0.25) is 0 Å². The summed E-state index contributed by atoms with van der Waals surface area (Å²) in [6.07, 6.45) is 5.37. The van der Waals surface area contributed by atoms with Crippen molar-refractivity contribution in [3.8, 4) is 12.3 Å². The molecule has 0 bridgehead atoms. The molecule has 1 atom stereocenters. The Hall–Kier alpha value is -1.20. The van der Waals surface area contributed by atoms with Crippen molar-refractivity contribution in [1.29, 1.82) is 0 Å². The smallest absolute Gasteiger partial charge is 0.136 e. The Morgan fingerprint density at radius 3 is 2.75 bits per heavy atom. The molecular weight excluding hydrogens is 152 g/mol. The Balaban J connectivity index is 2.90. The van der Waals surface area contributed by atoms with Gasteiger partial charge in [0.1, 0.15) is 17.1 Å². The van der Waals surface area contributed by atoms with Crippen LogP contribution < -0.4 is 0 Å². The highest BCUT2D eigenvalue weighted by Gasteiger charge is 2.25. The van der Waals surface area contributed by atoms with Gasteiger partial charge >= 0.3 is 0 Å². The normalized spacial score (nSPS) is 15.2. The molecule has 0 aliphatic heterocycles. The molecule has 0 saturated heterocycles. The molecule has 1 heterocycles. The van der Waals surface area contributed by atoms with Gasteiger partial charge in [-0.05, 0) is 26.0 Å². The van der Waals surface area contributed by atoms with Crippen LogP contribution in [0.4, 0.5) is 0 Å². The van der Waals surface area contributed by atoms with Crippen LogP contribution >= 0.6 is 0 Å². The van der Waals surface area contributed by atoms with Gasteiger partial charge in [0.15, 0.2) is 0 Å². The summed E-state index contributed by atoms with van der Waals surface area (Å²) in [5, 5.41) is 9.76. The van der Waals surface area contributed by atoms with Gasteiger partial charge in [0.2, 0.25) is 0 Å². The number of rotatable bonds is 2. The summed E-state index contributed by atoms with van der Waals surface area (Å²) >= 11 is 0. The summed E-state index contributed by atoms with van der Waals surface area (Å²) in [7, 11) is 0. The lowest BCUT2D eigenvalue weighted by molar-refractivity contribution is 0.0386. The van der Waals surface area contributed by atoms with E-state index < -0.39 is 5.60 Å². The van der Waals surface area contributed by atoms with Gasteiger partial charge < -0.3 is 9.52 Å². The molecule has 0 unspecified atom stereocenters. The Morgan fingerprint density at radius 2 is 2.33 bits per heavy atom. The minimum Gasteiger partial charge on any atom is -0.463 e. The number of aryl methyl sites for hydroxylation is 1. The standard InChI is InChI=1S/C10H12O2/c1-4-7-10(3,11)9-6-5-8(2)12-9/h1,5-6,11H,7H2,2-3H3/t10-/m0/s1. The van der Waals surface area contributed by atoms with Crippen molar-refractivity contribution in [3.63, 3.8) is 0 Å². The van der Waals surface area contributed by atoms with Crippen LogP contribution in [0.1, 0.15) is 24.9 Å². The third kappa shape index (κ3) is 1.69. The highest BCUT2D eigenvalue weighted by atomic mass is 16.4. The van der Waals surface area contributed by atoms with Gasteiger partial charge in [-0.1, -0.05) is 0 Å². The maximum absolute atomic E-state index is 9.76. The van der Waals surface area contributed by atoms with Crippen LogP contribution in [0, 0.1) is 19.3 Å². The third-order valence-corrected chi connectivity index (χ3v) is 1.72. The fourth-order valence-corrected chi connectivity index (χ4v) is 1.01. The Bertz CT molecular complexity index is 302. The van der Waals surface area contributed by atoms with E-state index in [1.54, 1.807) is 19.1 Å². The lowest BCUT2D eigenvalue weighted by Gasteiger charge is -2.16. The molecule has 2 nitrogen and oxygen atoms in total. The number of hydrogen-bond acceptors (Lipinski definition) is 2. The summed E-state index contributed by atoms with van der Waals surface area (Å²) in [4.78, 5) is 0. The topological polar surface area (TPSA) is 33.4 Å². The minimum atomic E-state index is -1.04. The quantitative estimate of drug-likeness (QED) is 0.676. The molecule has 0 fully saturated rings. The van der Waals surface area contributed by atoms with Crippen LogP contribution in [0.25, 0.3) is 0 Å². The summed E-state index contributed by atoms with van der Waals surface area (Å²) in [6, 6.07) is 3.55. The van der Waals surface area contributed by atoms with Crippen molar-refractivity contribution in [1.82, 2.24) is 0 Å². The fraction of sp³-hybridized carbons (Fsp3) is 0.400. The molecule has 1 aromatic heterocycles. The summed E-state index contributed by atoms with van der Waals surface area (Å²) in [5.41, 5.74) is -1.04. The molecule has 0 aliphatic rings. The lowest BCUT2D eigenvalue weighted by Crippen LogP contribution is -2.19. The molecule has 0 saturated carbocycles. The van der Waals surface area contributed by atoms with E-state index in [9.17, 15) is 5.11 Å². The molecule has 1 aromatic rings. The van der Waals surface area contributed by atoms with E-state index in [4.69, 9.17) is 10.8 Å². The third-order valence-electron chi connectivity index (χ3n) is 1.72. The minimum absolute atomic E-state index is 0.264. The first-order chi connectivity index (χ1) is 5.56. The average molecular weight is 164 g/mol. The zero-order chi connectivity index (χ0) is 9.19. The lowest BCUT2D eigenvalue weighted by atomic mass is 10.0. The molecule has 12 heavy (non-hydrogen) atoms. The Kier molecular flexibility index (Phi) is 2.25. The molecule has 2 heteroatoms. The number of hydrogen-bond donors (Lipinski definition) is 1. The van der Waals surface area contributed by atoms with Crippen LogP contribution in [-0.4, -0.2) is 5.11 Å². The van der Waals surface area contributed by atoms with E-state index in [0.29, 0.717) is 5.76 Å². The zero-order valence-electron chi connectivity index (χ0n) is 7.29. The maximum Gasteiger partial charge on any atom is 0.136 e. The van der Waals surface area contributed by atoms with Gasteiger partial charge in [-0.15, -0.1) is 12.3 Å². The van der Waals surface area contributed by atoms with Gasteiger partial charge in [-0.2, -0.15) is 0 Å². The first-order valence-corrected chi connectivity index (χ1v) is 3.79. The highest BCUT2D eigenvalue weighted by molar-refractivity contribution is 5.14. The van der Waals surface area contributed by atoms with E-state index in [0.717, 1.165) is 5.76 Å². The average Bonchev–Trinajstić information content (AvgIpc) is 2.36. The van der Waals surface area contributed by atoms with Crippen molar-refractivity contribution in [2.45, 2.75) is 25.9 Å². The van der Waals surface area contributed by atoms with Crippen LogP contribution in [0.3, 0.4) is 0 Å². The molecule has 64 valence electrons. The molecule has 1 rings (SSSR count). The second-order valence-corrected chi connectivity index (χ2v) is 3.07. The van der Waals surface area contributed by atoms with E-state index in [1.165, 1.54) is 0 Å². The Labute approximate surface area is 72.2 Å². The van der Waals surface area contributed by atoms with Gasteiger partial charge in [0.25, 0.3) is 0 Å². The van der Waals surface area contributed by atoms with E-state index in [-0.39, 0.29) is 6.42 Å². The predicted molar refractivity (Wildman–Crippen MR) is 46.5 cm³/mol. The monoisotopic (exact) mass is 164 g/mol. The number of aliphatic hydroxyl groups is 1. The van der Waals surface area contributed by atoms with Gasteiger partial charge in [-0.25, -0.2) is 0 Å². The van der Waals surface area contributed by atoms with Crippen LogP contribution in [0.5, 0.6) is 0 Å². The van der Waals surface area contributed by atoms with Crippen LogP contribution in [0.15, 0.2) is 16.5 Å². The second kappa shape index (κ2) is 3.04. The fourth-order valence-electron chi connectivity index (χ4n) is 1.01. The molecule has 1 N–H and O–H groups in total. The highest BCUT2D eigenvalue weighted by Crippen LogP contribution is 2.25. The summed E-state index contributed by atoms with van der Waals surface area (Å²) in [5.74, 6) is 3.71. The molecular formula is C10H12O2. The zero-order valence-corrected chi connectivity index (χ0v) is 7.29. The molecule has 0 spiro atoms. The van der Waals surface area contributed by atoms with E-state index in [1.807, 2.05) is 6.92 Å².